The van der Waals surface area contributed by atoms with Crippen LogP contribution in [0.4, 0.5) is 0 Å². The van der Waals surface area contributed by atoms with E-state index in [1.54, 1.807) is 11.8 Å². The molecule has 132 valence electrons. The summed E-state index contributed by atoms with van der Waals surface area (Å²) in [6.45, 7) is 2.92. The summed E-state index contributed by atoms with van der Waals surface area (Å²) in [5.41, 5.74) is 2.22. The predicted molar refractivity (Wildman–Crippen MR) is 95.3 cm³/mol. The molecule has 2 rings (SSSR count). The number of likely N-dealkylation sites (N-methyl/N-ethyl adjacent to an activating group) is 2. The maximum atomic E-state index is 11.8. The average Bonchev–Trinajstić information content (AvgIpc) is 2.88. The molecule has 0 aliphatic carbocycles. The summed E-state index contributed by atoms with van der Waals surface area (Å²) >= 11 is 0. The van der Waals surface area contributed by atoms with Crippen molar-refractivity contribution in [2.45, 2.75) is 19.6 Å². The minimum absolute atomic E-state index is 0.232. The molecular formula is C18H27N3O3. The van der Waals surface area contributed by atoms with Gasteiger partial charge in [0.2, 0.25) is 6.29 Å². The van der Waals surface area contributed by atoms with Crippen LogP contribution >= 0.6 is 0 Å². The maximum Gasteiger partial charge on any atom is 0.323 e. The standard InChI is InChI=1S/C18H27N3O3/c1-13(24-17(22)12-21(4)5)23-16-8-6-7-15-18(16)14(11-19-15)9-10-20(2)3/h6-8,11,13,19H,9-10,12H2,1-5H3. The number of fused-ring (bicyclic) bond motifs is 1. The monoisotopic (exact) mass is 333 g/mol. The lowest BCUT2D eigenvalue weighted by molar-refractivity contribution is -0.161. The van der Waals surface area contributed by atoms with E-state index in [-0.39, 0.29) is 12.5 Å². The Balaban J connectivity index is 2.13. The Kier molecular flexibility index (Phi) is 6.23. The van der Waals surface area contributed by atoms with Crippen molar-refractivity contribution in [3.63, 3.8) is 0 Å². The molecule has 6 nitrogen and oxygen atoms in total. The van der Waals surface area contributed by atoms with Crippen LogP contribution in [0.25, 0.3) is 10.9 Å². The topological polar surface area (TPSA) is 57.8 Å². The van der Waals surface area contributed by atoms with Crippen LogP contribution in [0, 0.1) is 0 Å². The van der Waals surface area contributed by atoms with Crippen LogP contribution in [0.3, 0.4) is 0 Å². The molecular weight excluding hydrogens is 306 g/mol. The van der Waals surface area contributed by atoms with Gasteiger partial charge in [-0.25, -0.2) is 0 Å². The summed E-state index contributed by atoms with van der Waals surface area (Å²) in [5, 5.41) is 1.05. The molecule has 0 aliphatic heterocycles. The molecule has 0 amide bonds. The molecule has 2 aromatic rings. The van der Waals surface area contributed by atoms with Crippen LogP contribution in [0.15, 0.2) is 24.4 Å². The molecule has 0 saturated heterocycles. The lowest BCUT2D eigenvalue weighted by Gasteiger charge is -2.18. The number of aromatic amines is 1. The second kappa shape index (κ2) is 8.17. The first-order chi connectivity index (χ1) is 11.4. The zero-order valence-corrected chi connectivity index (χ0v) is 15.1. The number of carbonyl (C=O) groups excluding carboxylic acids is 1. The first-order valence-corrected chi connectivity index (χ1v) is 8.11. The summed E-state index contributed by atoms with van der Waals surface area (Å²) in [6, 6.07) is 5.86. The van der Waals surface area contributed by atoms with Crippen LogP contribution in [-0.4, -0.2) is 68.3 Å². The van der Waals surface area contributed by atoms with Crippen molar-refractivity contribution in [3.05, 3.63) is 30.0 Å². The minimum atomic E-state index is -0.639. The van der Waals surface area contributed by atoms with Crippen LogP contribution in [-0.2, 0) is 16.0 Å². The number of H-pyrrole nitrogens is 1. The highest BCUT2D eigenvalue weighted by molar-refractivity contribution is 5.89. The van der Waals surface area contributed by atoms with Gasteiger partial charge in [0.1, 0.15) is 5.75 Å². The Bertz CT molecular complexity index is 679. The number of benzene rings is 1. The van der Waals surface area contributed by atoms with E-state index in [9.17, 15) is 4.79 Å². The van der Waals surface area contributed by atoms with Crippen LogP contribution in [0.2, 0.25) is 0 Å². The third kappa shape index (κ3) is 4.97. The van der Waals surface area contributed by atoms with Gasteiger partial charge in [-0.3, -0.25) is 9.69 Å². The molecule has 6 heteroatoms. The van der Waals surface area contributed by atoms with Crippen molar-refractivity contribution < 1.29 is 14.3 Å². The van der Waals surface area contributed by atoms with Crippen molar-refractivity contribution >= 4 is 16.9 Å². The highest BCUT2D eigenvalue weighted by Gasteiger charge is 2.15. The second-order valence-corrected chi connectivity index (χ2v) is 6.46. The summed E-state index contributed by atoms with van der Waals surface area (Å²) < 4.78 is 11.2. The molecule has 0 saturated carbocycles. The Hall–Kier alpha value is -2.05. The van der Waals surface area contributed by atoms with Gasteiger partial charge in [0.05, 0.1) is 6.54 Å². The first-order valence-electron chi connectivity index (χ1n) is 8.11. The maximum absolute atomic E-state index is 11.8. The van der Waals surface area contributed by atoms with E-state index >= 15 is 0 Å². The number of aromatic nitrogens is 1. The van der Waals surface area contributed by atoms with E-state index < -0.39 is 6.29 Å². The van der Waals surface area contributed by atoms with Gasteiger partial charge in [0.25, 0.3) is 0 Å². The zero-order valence-electron chi connectivity index (χ0n) is 15.1. The number of esters is 1. The highest BCUT2D eigenvalue weighted by atomic mass is 16.7. The van der Waals surface area contributed by atoms with E-state index in [0.717, 1.165) is 29.6 Å². The molecule has 0 spiro atoms. The predicted octanol–water partition coefficient (Wildman–Crippen LogP) is 2.10. The number of ether oxygens (including phenoxy) is 2. The normalized spacial score (nSPS) is 12.8. The van der Waals surface area contributed by atoms with Crippen molar-refractivity contribution in [3.8, 4) is 5.75 Å². The van der Waals surface area contributed by atoms with Gasteiger partial charge >= 0.3 is 5.97 Å². The SMILES string of the molecule is CC(OC(=O)CN(C)C)Oc1cccc2[nH]cc(CCN(C)C)c12. The summed E-state index contributed by atoms with van der Waals surface area (Å²) in [5.74, 6) is 0.425. The fraction of sp³-hybridized carbons (Fsp3) is 0.500. The molecule has 1 unspecified atom stereocenters. The Morgan fingerprint density at radius 2 is 1.96 bits per heavy atom. The Morgan fingerprint density at radius 1 is 1.21 bits per heavy atom. The number of nitrogens with zero attached hydrogens (tertiary/aromatic N) is 2. The van der Waals surface area contributed by atoms with Gasteiger partial charge in [0.15, 0.2) is 0 Å². The Morgan fingerprint density at radius 3 is 2.62 bits per heavy atom. The third-order valence-corrected chi connectivity index (χ3v) is 3.61. The van der Waals surface area contributed by atoms with E-state index in [1.165, 1.54) is 5.56 Å². The fourth-order valence-corrected chi connectivity index (χ4v) is 2.54. The van der Waals surface area contributed by atoms with Gasteiger partial charge in [-0.1, -0.05) is 6.07 Å². The van der Waals surface area contributed by atoms with E-state index in [2.05, 4.69) is 24.0 Å². The number of nitrogens with one attached hydrogen (secondary N) is 1. The van der Waals surface area contributed by atoms with Gasteiger partial charge in [-0.05, 0) is 52.3 Å². The molecule has 1 heterocycles. The number of hydrogen-bond donors (Lipinski definition) is 1. The smallest absolute Gasteiger partial charge is 0.323 e. The molecule has 0 fully saturated rings. The summed E-state index contributed by atoms with van der Waals surface area (Å²) in [7, 11) is 7.76. The van der Waals surface area contributed by atoms with Gasteiger partial charge in [-0.15, -0.1) is 0 Å². The molecule has 24 heavy (non-hydrogen) atoms. The molecule has 1 aromatic heterocycles. The van der Waals surface area contributed by atoms with E-state index in [4.69, 9.17) is 9.47 Å². The van der Waals surface area contributed by atoms with E-state index in [0.29, 0.717) is 0 Å². The number of hydrogen-bond acceptors (Lipinski definition) is 5. The molecule has 1 aromatic carbocycles. The first kappa shape index (κ1) is 18.3. The van der Waals surface area contributed by atoms with Gasteiger partial charge < -0.3 is 19.4 Å². The lowest BCUT2D eigenvalue weighted by Crippen LogP contribution is -2.28. The van der Waals surface area contributed by atoms with Crippen LogP contribution < -0.4 is 4.74 Å². The summed E-state index contributed by atoms with van der Waals surface area (Å²) in [4.78, 5) is 18.9. The largest absolute Gasteiger partial charge is 0.454 e. The number of rotatable bonds is 8. The zero-order chi connectivity index (χ0) is 17.7. The summed E-state index contributed by atoms with van der Waals surface area (Å²) in [6.07, 6.45) is 2.30. The van der Waals surface area contributed by atoms with Crippen molar-refractivity contribution in [2.75, 3.05) is 41.3 Å². The van der Waals surface area contributed by atoms with Gasteiger partial charge in [-0.2, -0.15) is 0 Å². The fourth-order valence-electron chi connectivity index (χ4n) is 2.54. The average molecular weight is 333 g/mol. The molecule has 0 radical (unpaired) electrons. The Labute approximate surface area is 143 Å². The second-order valence-electron chi connectivity index (χ2n) is 6.46. The van der Waals surface area contributed by atoms with Crippen molar-refractivity contribution in [1.82, 2.24) is 14.8 Å². The van der Waals surface area contributed by atoms with Crippen molar-refractivity contribution in [1.29, 1.82) is 0 Å². The third-order valence-electron chi connectivity index (χ3n) is 3.61. The van der Waals surface area contributed by atoms with Crippen LogP contribution in [0.1, 0.15) is 12.5 Å². The van der Waals surface area contributed by atoms with Crippen molar-refractivity contribution in [2.24, 2.45) is 0 Å². The molecule has 0 bridgehead atoms. The van der Waals surface area contributed by atoms with Gasteiger partial charge in [0, 0.05) is 30.6 Å². The molecule has 1 atom stereocenters. The molecule has 0 aliphatic rings. The van der Waals surface area contributed by atoms with E-state index in [1.807, 2.05) is 38.5 Å². The minimum Gasteiger partial charge on any atom is -0.454 e. The molecule has 1 N–H and O–H groups in total. The lowest BCUT2D eigenvalue weighted by atomic mass is 10.1. The number of carbonyl (C=O) groups is 1. The van der Waals surface area contributed by atoms with Crippen LogP contribution in [0.5, 0.6) is 5.75 Å². The quantitative estimate of drug-likeness (QED) is 0.592. The highest BCUT2D eigenvalue weighted by Crippen LogP contribution is 2.30.